The number of para-hydroxylation sites is 2. The molecule has 0 atom stereocenters. The molecular weight excluding hydrogens is 669 g/mol. The number of anilines is 3. The first-order valence-electron chi connectivity index (χ1n) is 17.6. The van der Waals surface area contributed by atoms with Gasteiger partial charge in [-0.3, -0.25) is 0 Å². The summed E-state index contributed by atoms with van der Waals surface area (Å²) in [5, 5.41) is 7.64. The third-order valence-corrected chi connectivity index (χ3v) is 12.7. The summed E-state index contributed by atoms with van der Waals surface area (Å²) >= 11 is 3.75. The van der Waals surface area contributed by atoms with Crippen LogP contribution in [0.2, 0.25) is 0 Å². The van der Waals surface area contributed by atoms with Crippen molar-refractivity contribution in [3.63, 3.8) is 0 Å². The van der Waals surface area contributed by atoms with E-state index in [1.165, 1.54) is 79.0 Å². The molecule has 0 radical (unpaired) electrons. The molecule has 0 spiro atoms. The fraction of sp³-hybridized carbons (Fsp3) is 0. The molecule has 0 saturated carbocycles. The molecule has 0 fully saturated rings. The van der Waals surface area contributed by atoms with Crippen LogP contribution in [0, 0.1) is 0 Å². The van der Waals surface area contributed by atoms with Crippen LogP contribution in [0.4, 0.5) is 17.1 Å². The van der Waals surface area contributed by atoms with Gasteiger partial charge >= 0.3 is 0 Å². The van der Waals surface area contributed by atoms with Crippen molar-refractivity contribution in [3.05, 3.63) is 182 Å². The topological polar surface area (TPSA) is 8.17 Å². The Hall–Kier alpha value is -6.20. The Kier molecular flexibility index (Phi) is 6.63. The van der Waals surface area contributed by atoms with Crippen LogP contribution in [-0.4, -0.2) is 4.57 Å². The van der Waals surface area contributed by atoms with Gasteiger partial charge < -0.3 is 9.47 Å². The maximum Gasteiger partial charge on any atom is 0.0561 e. The van der Waals surface area contributed by atoms with Crippen LogP contribution in [0.25, 0.3) is 79.0 Å². The number of thiophene rings is 2. The molecule has 0 aliphatic carbocycles. The van der Waals surface area contributed by atoms with E-state index in [9.17, 15) is 0 Å². The van der Waals surface area contributed by atoms with E-state index in [1.54, 1.807) is 0 Å². The molecule has 3 aromatic heterocycles. The first-order valence-corrected chi connectivity index (χ1v) is 19.2. The lowest BCUT2D eigenvalue weighted by Crippen LogP contribution is -2.10. The first kappa shape index (κ1) is 29.5. The Balaban J connectivity index is 1.24. The lowest BCUT2D eigenvalue weighted by Gasteiger charge is -2.27. The second-order valence-electron chi connectivity index (χ2n) is 13.3. The van der Waals surface area contributed by atoms with E-state index in [2.05, 4.69) is 191 Å². The molecule has 4 heteroatoms. The van der Waals surface area contributed by atoms with Crippen LogP contribution in [0.5, 0.6) is 0 Å². The zero-order valence-corrected chi connectivity index (χ0v) is 29.7. The zero-order chi connectivity index (χ0) is 34.2. The Labute approximate surface area is 308 Å². The fourth-order valence-electron chi connectivity index (χ4n) is 8.08. The van der Waals surface area contributed by atoms with Crippen molar-refractivity contribution in [2.45, 2.75) is 0 Å². The van der Waals surface area contributed by atoms with E-state index in [0.29, 0.717) is 0 Å². The summed E-state index contributed by atoms with van der Waals surface area (Å²) in [6.07, 6.45) is 0. The van der Waals surface area contributed by atoms with E-state index in [0.717, 1.165) is 17.1 Å². The second kappa shape index (κ2) is 11.7. The normalized spacial score (nSPS) is 11.8. The summed E-state index contributed by atoms with van der Waals surface area (Å²) < 4.78 is 7.62. The van der Waals surface area contributed by atoms with Crippen LogP contribution in [-0.2, 0) is 0 Å². The maximum atomic E-state index is 2.49. The Bertz CT molecular complexity index is 3130. The molecule has 0 unspecified atom stereocenters. The Morgan fingerprint density at radius 2 is 1.02 bits per heavy atom. The number of hydrogen-bond acceptors (Lipinski definition) is 3. The van der Waals surface area contributed by atoms with Crippen LogP contribution >= 0.6 is 22.7 Å². The molecule has 0 aliphatic heterocycles. The number of benzene rings is 8. The highest BCUT2D eigenvalue weighted by atomic mass is 32.1. The van der Waals surface area contributed by atoms with E-state index in [4.69, 9.17) is 0 Å². The lowest BCUT2D eigenvalue weighted by atomic mass is 10.00. The van der Waals surface area contributed by atoms with Crippen molar-refractivity contribution in [1.29, 1.82) is 0 Å². The third kappa shape index (κ3) is 4.48. The van der Waals surface area contributed by atoms with Gasteiger partial charge in [-0.2, -0.15) is 0 Å². The second-order valence-corrected chi connectivity index (χ2v) is 15.4. The fourth-order valence-corrected chi connectivity index (χ4v) is 10.4. The van der Waals surface area contributed by atoms with E-state index in [-0.39, 0.29) is 0 Å². The number of hydrogen-bond donors (Lipinski definition) is 0. The minimum absolute atomic E-state index is 1.12. The van der Waals surface area contributed by atoms with Crippen molar-refractivity contribution in [3.8, 4) is 16.8 Å². The van der Waals surface area contributed by atoms with Crippen LogP contribution in [0.15, 0.2) is 182 Å². The van der Waals surface area contributed by atoms with Crippen molar-refractivity contribution >= 4 is 102 Å². The lowest BCUT2D eigenvalue weighted by molar-refractivity contribution is 1.18. The van der Waals surface area contributed by atoms with Crippen molar-refractivity contribution in [2.24, 2.45) is 0 Å². The summed E-state index contributed by atoms with van der Waals surface area (Å²) in [6.45, 7) is 0. The number of fused-ring (bicyclic) bond motifs is 9. The van der Waals surface area contributed by atoms with Crippen molar-refractivity contribution < 1.29 is 0 Å². The van der Waals surface area contributed by atoms with Gasteiger partial charge in [0.05, 0.1) is 16.7 Å². The summed E-state index contributed by atoms with van der Waals surface area (Å²) in [7, 11) is 0. The average Bonchev–Trinajstić information content (AvgIpc) is 3.88. The minimum Gasteiger partial charge on any atom is -0.310 e. The van der Waals surface area contributed by atoms with Gasteiger partial charge in [0.15, 0.2) is 0 Å². The summed E-state index contributed by atoms with van der Waals surface area (Å²) in [5.74, 6) is 0. The summed E-state index contributed by atoms with van der Waals surface area (Å²) in [6, 6.07) is 66.7. The molecule has 8 aromatic carbocycles. The monoisotopic (exact) mass is 698 g/mol. The Morgan fingerprint density at radius 3 is 1.85 bits per heavy atom. The quantitative estimate of drug-likeness (QED) is 0.174. The van der Waals surface area contributed by atoms with E-state index >= 15 is 0 Å². The largest absolute Gasteiger partial charge is 0.310 e. The molecule has 244 valence electrons. The predicted octanol–water partition coefficient (Wildman–Crippen LogP) is 14.7. The van der Waals surface area contributed by atoms with Gasteiger partial charge in [-0.15, -0.1) is 22.7 Å². The standard InChI is InChI=1S/C48H30N2S2/c1-3-13-31(14-4-1)35-26-27-42(47-39-19-9-12-22-45(39)52-48(35)47)49(33-24-28-46-40(29-33)38-18-8-11-21-44(38)51-46)34-23-25-37-36-17-7-10-20-41(36)50(43(37)30-34)32-15-5-2-6-16-32/h1-30H. The third-order valence-electron chi connectivity index (χ3n) is 10.4. The smallest absolute Gasteiger partial charge is 0.0561 e. The maximum absolute atomic E-state index is 2.49. The average molecular weight is 699 g/mol. The number of aromatic nitrogens is 1. The van der Waals surface area contributed by atoms with Gasteiger partial charge in [0, 0.05) is 68.2 Å². The van der Waals surface area contributed by atoms with E-state index < -0.39 is 0 Å². The highest BCUT2D eigenvalue weighted by Gasteiger charge is 2.23. The van der Waals surface area contributed by atoms with Gasteiger partial charge in [-0.05, 0) is 77.9 Å². The molecule has 3 heterocycles. The molecule has 11 rings (SSSR count). The number of rotatable bonds is 5. The highest BCUT2D eigenvalue weighted by molar-refractivity contribution is 7.26. The molecule has 0 aliphatic rings. The highest BCUT2D eigenvalue weighted by Crippen LogP contribution is 2.50. The molecular formula is C48H30N2S2. The molecule has 2 nitrogen and oxygen atoms in total. The van der Waals surface area contributed by atoms with Gasteiger partial charge in [0.1, 0.15) is 0 Å². The molecule has 52 heavy (non-hydrogen) atoms. The first-order chi connectivity index (χ1) is 25.8. The molecule has 11 aromatic rings. The molecule has 0 amide bonds. The van der Waals surface area contributed by atoms with E-state index in [1.807, 2.05) is 22.7 Å². The van der Waals surface area contributed by atoms with Gasteiger partial charge in [-0.25, -0.2) is 0 Å². The van der Waals surface area contributed by atoms with Crippen molar-refractivity contribution in [2.75, 3.05) is 4.90 Å². The SMILES string of the molecule is c1ccc(-c2ccc(N(c3ccc4sc5ccccc5c4c3)c3ccc4c5ccccc5n(-c5ccccc5)c4c3)c3c2sc2ccccc23)cc1. The Morgan fingerprint density at radius 1 is 0.404 bits per heavy atom. The number of nitrogens with zero attached hydrogens (tertiary/aromatic N) is 2. The predicted molar refractivity (Wildman–Crippen MR) is 227 cm³/mol. The minimum atomic E-state index is 1.12. The zero-order valence-electron chi connectivity index (χ0n) is 28.0. The van der Waals surface area contributed by atoms with Gasteiger partial charge in [-0.1, -0.05) is 115 Å². The van der Waals surface area contributed by atoms with Crippen LogP contribution in [0.1, 0.15) is 0 Å². The van der Waals surface area contributed by atoms with Crippen LogP contribution in [0.3, 0.4) is 0 Å². The van der Waals surface area contributed by atoms with Gasteiger partial charge in [0.25, 0.3) is 0 Å². The van der Waals surface area contributed by atoms with Crippen molar-refractivity contribution in [1.82, 2.24) is 4.57 Å². The molecule has 0 bridgehead atoms. The van der Waals surface area contributed by atoms with Crippen LogP contribution < -0.4 is 4.90 Å². The summed E-state index contributed by atoms with van der Waals surface area (Å²) in [5.41, 5.74) is 9.48. The molecule has 0 saturated heterocycles. The van der Waals surface area contributed by atoms with Gasteiger partial charge in [0.2, 0.25) is 0 Å². The molecule has 0 N–H and O–H groups in total. The summed E-state index contributed by atoms with van der Waals surface area (Å²) in [4.78, 5) is 2.49.